The molecular weight excluding hydrogens is 180 g/mol. The van der Waals surface area contributed by atoms with Gasteiger partial charge in [-0.05, 0) is 6.08 Å². The minimum Gasteiger partial charge on any atom is -0.388 e. The second-order valence-electron chi connectivity index (χ2n) is 1.06. The molecule has 3 nitrogen and oxygen atoms in total. The molecule has 9 heavy (non-hydrogen) atoms. The molecule has 0 aromatic rings. The van der Waals surface area contributed by atoms with E-state index in [1.165, 1.54) is 6.08 Å². The van der Waals surface area contributed by atoms with Gasteiger partial charge in [-0.1, -0.05) is 0 Å². The van der Waals surface area contributed by atoms with Crippen molar-refractivity contribution in [1.82, 2.24) is 0 Å². The Bertz CT molecular complexity index is 121. The number of hydrogen-bond donors (Lipinski definition) is 3. The highest BCUT2D eigenvalue weighted by Crippen LogP contribution is 2.00. The van der Waals surface area contributed by atoms with Gasteiger partial charge in [0, 0.05) is 0 Å². The molecule has 0 aliphatic rings. The molecule has 0 radical (unpaired) electrons. The summed E-state index contributed by atoms with van der Waals surface area (Å²) in [5.41, 5.74) is 0. The lowest BCUT2D eigenvalue weighted by Crippen LogP contribution is -1.87. The van der Waals surface area contributed by atoms with Crippen LogP contribution in [-0.2, 0) is 15.5 Å². The van der Waals surface area contributed by atoms with E-state index in [0.29, 0.717) is 0 Å². The quantitative estimate of drug-likeness (QED) is 0.265. The average Bonchev–Trinajstić information content (AvgIpc) is 1.63. The van der Waals surface area contributed by atoms with E-state index in [2.05, 4.69) is 29.4 Å². The Morgan fingerprint density at radius 2 is 2.22 bits per heavy atom. The van der Waals surface area contributed by atoms with Crippen molar-refractivity contribution in [1.29, 1.82) is 0 Å². The summed E-state index contributed by atoms with van der Waals surface area (Å²) in [5.74, 6) is 0. The van der Waals surface area contributed by atoms with E-state index in [1.54, 1.807) is 0 Å². The zero-order valence-electron chi connectivity index (χ0n) is 4.30. The van der Waals surface area contributed by atoms with Gasteiger partial charge < -0.3 is 4.18 Å². The summed E-state index contributed by atoms with van der Waals surface area (Å²) in [6.07, 6.45) is 2.49. The van der Waals surface area contributed by atoms with E-state index in [-0.39, 0.29) is 4.58 Å². The third-order valence-corrected chi connectivity index (χ3v) is 1.01. The first-order chi connectivity index (χ1) is 4.13. The van der Waals surface area contributed by atoms with Crippen LogP contribution in [-0.4, -0.2) is 13.3 Å². The lowest BCUT2D eigenvalue weighted by atomic mass is 10.7. The van der Waals surface area contributed by atoms with Gasteiger partial charge in [-0.25, -0.2) is 0 Å². The molecule has 54 valence electrons. The van der Waals surface area contributed by atoms with Crippen LogP contribution < -0.4 is 0 Å². The Morgan fingerprint density at radius 3 is 2.56 bits per heavy atom. The summed E-state index contributed by atoms with van der Waals surface area (Å²) in [6.45, 7) is 0. The first-order valence-electron chi connectivity index (χ1n) is 1.93. The minimum atomic E-state index is -2.24. The first kappa shape index (κ1) is 9.35. The Hall–Kier alpha value is 0.350. The first-order valence-corrected chi connectivity index (χ1v) is 4.00. The van der Waals surface area contributed by atoms with Crippen molar-refractivity contribution >= 4 is 36.6 Å². The number of hydrogen-bond acceptors (Lipinski definition) is 4. The van der Waals surface area contributed by atoms with Crippen LogP contribution >= 0.6 is 25.3 Å². The Kier molecular flexibility index (Phi) is 5.36. The van der Waals surface area contributed by atoms with Crippen LogP contribution in [0.15, 0.2) is 12.3 Å². The van der Waals surface area contributed by atoms with Gasteiger partial charge in [0.25, 0.3) is 0 Å². The summed E-state index contributed by atoms with van der Waals surface area (Å²) < 4.78 is 21.6. The second-order valence-corrected chi connectivity index (χ2v) is 3.20. The maximum absolute atomic E-state index is 9.77. The molecule has 0 spiro atoms. The molecule has 1 N–H and O–H groups in total. The fourth-order valence-corrected chi connectivity index (χ4v) is 0.450. The lowest BCUT2D eigenvalue weighted by Gasteiger charge is -1.91. The fourth-order valence-electron chi connectivity index (χ4n) is 0.150. The molecule has 0 amide bonds. The zero-order valence-corrected chi connectivity index (χ0v) is 6.90. The van der Waals surface area contributed by atoms with E-state index < -0.39 is 11.4 Å². The van der Waals surface area contributed by atoms with Crippen molar-refractivity contribution in [3.8, 4) is 0 Å². The second kappa shape index (κ2) is 5.16. The Morgan fingerprint density at radius 1 is 1.67 bits per heavy atom. The van der Waals surface area contributed by atoms with Gasteiger partial charge in [-0.3, -0.25) is 4.55 Å². The predicted octanol–water partition coefficient (Wildman–Crippen LogP) is 0.839. The topological polar surface area (TPSA) is 46.5 Å². The maximum atomic E-state index is 9.77. The van der Waals surface area contributed by atoms with Gasteiger partial charge in [0.05, 0.1) is 4.58 Å². The Labute approximate surface area is 66.8 Å². The highest BCUT2D eigenvalue weighted by molar-refractivity contribution is 7.99. The van der Waals surface area contributed by atoms with E-state index in [1.807, 2.05) is 0 Å². The van der Waals surface area contributed by atoms with Gasteiger partial charge in [-0.15, -0.1) is 0 Å². The molecule has 0 rings (SSSR count). The molecule has 0 aliphatic carbocycles. The number of rotatable bonds is 3. The van der Waals surface area contributed by atoms with E-state index in [4.69, 9.17) is 4.55 Å². The molecule has 1 atom stereocenters. The molecule has 6 heteroatoms. The molecular formula is C3H6O3S3. The molecule has 0 heterocycles. The van der Waals surface area contributed by atoms with Gasteiger partial charge in [0.2, 0.25) is 0 Å². The predicted molar refractivity (Wildman–Crippen MR) is 42.8 cm³/mol. The average molecular weight is 186 g/mol. The maximum Gasteiger partial charge on any atom is 0.356 e. The zero-order chi connectivity index (χ0) is 7.28. The standard InChI is InChI=1S/C3H6O3S3/c4-9(5)6-2-1-3(7)8/h1-3,7-8H,(H,4,5). The van der Waals surface area contributed by atoms with Crippen LogP contribution in [0.2, 0.25) is 0 Å². The molecule has 0 saturated heterocycles. The summed E-state index contributed by atoms with van der Waals surface area (Å²) in [4.78, 5) is 0. The molecule has 0 aliphatic heterocycles. The van der Waals surface area contributed by atoms with Gasteiger partial charge in [-0.2, -0.15) is 29.5 Å². The van der Waals surface area contributed by atoms with Gasteiger partial charge >= 0.3 is 11.4 Å². The van der Waals surface area contributed by atoms with Crippen LogP contribution in [0.25, 0.3) is 0 Å². The van der Waals surface area contributed by atoms with Crippen molar-refractivity contribution in [3.63, 3.8) is 0 Å². The molecule has 0 fully saturated rings. The van der Waals surface area contributed by atoms with Crippen molar-refractivity contribution in [3.05, 3.63) is 12.3 Å². The van der Waals surface area contributed by atoms with Crippen molar-refractivity contribution in [2.75, 3.05) is 0 Å². The number of thiol groups is 2. The monoisotopic (exact) mass is 186 g/mol. The van der Waals surface area contributed by atoms with Crippen LogP contribution in [0.5, 0.6) is 0 Å². The highest BCUT2D eigenvalue weighted by atomic mass is 32.2. The van der Waals surface area contributed by atoms with E-state index in [0.717, 1.165) is 6.26 Å². The molecule has 1 unspecified atom stereocenters. The molecule has 0 aromatic heterocycles. The van der Waals surface area contributed by atoms with Crippen LogP contribution in [0.4, 0.5) is 0 Å². The van der Waals surface area contributed by atoms with Crippen molar-refractivity contribution in [2.24, 2.45) is 0 Å². The van der Waals surface area contributed by atoms with Crippen LogP contribution in [0, 0.1) is 0 Å². The highest BCUT2D eigenvalue weighted by Gasteiger charge is 1.87. The van der Waals surface area contributed by atoms with Gasteiger partial charge in [0.15, 0.2) is 0 Å². The third-order valence-electron chi connectivity index (χ3n) is 0.389. The van der Waals surface area contributed by atoms with Crippen LogP contribution in [0.1, 0.15) is 0 Å². The fraction of sp³-hybridized carbons (Fsp3) is 0.333. The lowest BCUT2D eigenvalue weighted by molar-refractivity contribution is 0.419. The van der Waals surface area contributed by atoms with E-state index in [9.17, 15) is 4.21 Å². The Balaban J connectivity index is 3.36. The van der Waals surface area contributed by atoms with Crippen molar-refractivity contribution < 1.29 is 12.9 Å². The van der Waals surface area contributed by atoms with E-state index >= 15 is 0 Å². The minimum absolute atomic E-state index is 0.270. The molecule has 0 saturated carbocycles. The van der Waals surface area contributed by atoms with Crippen molar-refractivity contribution in [2.45, 2.75) is 4.58 Å². The largest absolute Gasteiger partial charge is 0.388 e. The normalized spacial score (nSPS) is 14.7. The summed E-state index contributed by atoms with van der Waals surface area (Å²) in [5, 5.41) is 0. The van der Waals surface area contributed by atoms with Gasteiger partial charge in [0.1, 0.15) is 6.26 Å². The SMILES string of the molecule is O=S(O)OC=CC(S)S. The summed E-state index contributed by atoms with van der Waals surface area (Å²) in [6, 6.07) is 0. The molecule has 0 aromatic carbocycles. The molecule has 0 bridgehead atoms. The summed E-state index contributed by atoms with van der Waals surface area (Å²) >= 11 is 5.40. The third kappa shape index (κ3) is 8.35. The van der Waals surface area contributed by atoms with Crippen LogP contribution in [0.3, 0.4) is 0 Å². The summed E-state index contributed by atoms with van der Waals surface area (Å²) in [7, 11) is 0. The smallest absolute Gasteiger partial charge is 0.356 e.